The van der Waals surface area contributed by atoms with Crippen molar-refractivity contribution in [1.29, 1.82) is 0 Å². The van der Waals surface area contributed by atoms with Crippen LogP contribution in [0.1, 0.15) is 48.5 Å². The first-order valence-electron chi connectivity index (χ1n) is 10.0. The van der Waals surface area contributed by atoms with E-state index < -0.39 is 18.5 Å². The average Bonchev–Trinajstić information content (AvgIpc) is 2.76. The van der Waals surface area contributed by atoms with Gasteiger partial charge in [-0.15, -0.1) is 0 Å². The van der Waals surface area contributed by atoms with E-state index in [-0.39, 0.29) is 16.9 Å². The quantitative estimate of drug-likeness (QED) is 0.457. The van der Waals surface area contributed by atoms with E-state index in [1.54, 1.807) is 30.3 Å². The maximum atomic E-state index is 13.1. The Hall–Kier alpha value is -3.73. The van der Waals surface area contributed by atoms with Crippen LogP contribution in [0.25, 0.3) is 0 Å². The van der Waals surface area contributed by atoms with Gasteiger partial charge in [-0.2, -0.15) is 0 Å². The summed E-state index contributed by atoms with van der Waals surface area (Å²) in [6.07, 6.45) is 0. The molecule has 158 valence electrons. The summed E-state index contributed by atoms with van der Waals surface area (Å²) in [5.41, 5.74) is 5.37. The zero-order valence-electron chi connectivity index (χ0n) is 18.1. The Morgan fingerprint density at radius 3 is 2.23 bits per heavy atom. The van der Waals surface area contributed by atoms with Gasteiger partial charge in [0.25, 0.3) is 5.91 Å². The number of rotatable bonds is 6. The highest BCUT2D eigenvalue weighted by Gasteiger charge is 2.21. The Kier molecular flexibility index (Phi) is 6.65. The summed E-state index contributed by atoms with van der Waals surface area (Å²) in [4.78, 5) is 38.1. The lowest BCUT2D eigenvalue weighted by Gasteiger charge is -2.12. The second-order valence-corrected chi connectivity index (χ2v) is 7.56. The molecule has 0 aromatic heterocycles. The van der Waals surface area contributed by atoms with Crippen LogP contribution in [-0.2, 0) is 9.53 Å². The van der Waals surface area contributed by atoms with Crippen molar-refractivity contribution in [2.24, 2.45) is 0 Å². The molecule has 3 aromatic carbocycles. The predicted molar refractivity (Wildman–Crippen MR) is 121 cm³/mol. The first kappa shape index (κ1) is 22.0. The van der Waals surface area contributed by atoms with Crippen LogP contribution in [0, 0.1) is 27.7 Å². The zero-order valence-corrected chi connectivity index (χ0v) is 18.1. The fourth-order valence-corrected chi connectivity index (χ4v) is 3.27. The summed E-state index contributed by atoms with van der Waals surface area (Å²) >= 11 is 0. The third kappa shape index (κ3) is 5.07. The van der Waals surface area contributed by atoms with E-state index >= 15 is 0 Å². The van der Waals surface area contributed by atoms with Gasteiger partial charge in [0, 0.05) is 16.8 Å². The van der Waals surface area contributed by atoms with Gasteiger partial charge in [-0.05, 0) is 62.6 Å². The highest BCUT2D eigenvalue weighted by molar-refractivity contribution is 6.15. The average molecular weight is 415 g/mol. The third-order valence-electron chi connectivity index (χ3n) is 5.24. The lowest BCUT2D eigenvalue weighted by Crippen LogP contribution is -2.22. The van der Waals surface area contributed by atoms with E-state index in [0.717, 1.165) is 22.3 Å². The summed E-state index contributed by atoms with van der Waals surface area (Å²) in [6, 6.07) is 17.7. The number of hydrogen-bond acceptors (Lipinski definition) is 4. The van der Waals surface area contributed by atoms with Crippen molar-refractivity contribution < 1.29 is 19.1 Å². The van der Waals surface area contributed by atoms with Gasteiger partial charge in [-0.1, -0.05) is 48.0 Å². The molecule has 1 amide bonds. The van der Waals surface area contributed by atoms with Crippen molar-refractivity contribution in [3.63, 3.8) is 0 Å². The second-order valence-electron chi connectivity index (χ2n) is 7.56. The summed E-state index contributed by atoms with van der Waals surface area (Å²) in [7, 11) is 0. The molecule has 5 nitrogen and oxygen atoms in total. The van der Waals surface area contributed by atoms with Crippen molar-refractivity contribution in [3.05, 3.63) is 99.6 Å². The first-order chi connectivity index (χ1) is 14.8. The topological polar surface area (TPSA) is 72.5 Å². The van der Waals surface area contributed by atoms with Gasteiger partial charge in [-0.3, -0.25) is 9.59 Å². The molecular formula is C26H25NO4. The van der Waals surface area contributed by atoms with E-state index in [0.29, 0.717) is 11.3 Å². The summed E-state index contributed by atoms with van der Waals surface area (Å²) in [6.45, 7) is 7.18. The number of anilines is 1. The standard InChI is InChI=1S/C26H25NO4/c1-16-12-13-18(3)22(14-16)25(29)20-9-5-6-10-21(20)26(30)31-15-24(28)27-23-11-7-8-17(2)19(23)4/h5-14H,15H2,1-4H3,(H,27,28). The molecular weight excluding hydrogens is 390 g/mol. The van der Waals surface area contributed by atoms with Crippen LogP contribution in [0.2, 0.25) is 0 Å². The number of carbonyl (C=O) groups excluding carboxylic acids is 3. The summed E-state index contributed by atoms with van der Waals surface area (Å²) in [5, 5.41) is 2.75. The van der Waals surface area contributed by atoms with Crippen molar-refractivity contribution >= 4 is 23.3 Å². The molecule has 0 bridgehead atoms. The minimum Gasteiger partial charge on any atom is -0.452 e. The third-order valence-corrected chi connectivity index (χ3v) is 5.24. The number of aryl methyl sites for hydroxylation is 3. The number of ether oxygens (including phenoxy) is 1. The predicted octanol–water partition coefficient (Wildman–Crippen LogP) is 4.95. The molecule has 1 N–H and O–H groups in total. The molecule has 31 heavy (non-hydrogen) atoms. The first-order valence-corrected chi connectivity index (χ1v) is 10.0. The van der Waals surface area contributed by atoms with Gasteiger partial charge in [-0.25, -0.2) is 4.79 Å². The Labute approximate surface area is 182 Å². The van der Waals surface area contributed by atoms with Crippen molar-refractivity contribution in [2.45, 2.75) is 27.7 Å². The minimum atomic E-state index is -0.717. The lowest BCUT2D eigenvalue weighted by atomic mass is 9.94. The number of esters is 1. The van der Waals surface area contributed by atoms with Crippen molar-refractivity contribution in [1.82, 2.24) is 0 Å². The molecule has 0 aliphatic carbocycles. The van der Waals surface area contributed by atoms with Gasteiger partial charge in [0.1, 0.15) is 0 Å². The summed E-state index contributed by atoms with van der Waals surface area (Å²) < 4.78 is 5.21. The van der Waals surface area contributed by atoms with E-state index in [9.17, 15) is 14.4 Å². The number of ketones is 1. The molecule has 3 aromatic rings. The Morgan fingerprint density at radius 2 is 1.48 bits per heavy atom. The van der Waals surface area contributed by atoms with Gasteiger partial charge >= 0.3 is 5.97 Å². The maximum Gasteiger partial charge on any atom is 0.339 e. The molecule has 0 saturated heterocycles. The SMILES string of the molecule is Cc1ccc(C)c(C(=O)c2ccccc2C(=O)OCC(=O)Nc2cccc(C)c2C)c1. The zero-order chi connectivity index (χ0) is 22.5. The second kappa shape index (κ2) is 9.39. The van der Waals surface area contributed by atoms with Crippen LogP contribution >= 0.6 is 0 Å². The highest BCUT2D eigenvalue weighted by Crippen LogP contribution is 2.20. The van der Waals surface area contributed by atoms with E-state index in [1.807, 2.05) is 52.0 Å². The molecule has 0 atom stereocenters. The van der Waals surface area contributed by atoms with Crippen LogP contribution < -0.4 is 5.32 Å². The molecule has 0 aliphatic rings. The van der Waals surface area contributed by atoms with E-state index in [2.05, 4.69) is 5.32 Å². The Balaban J connectivity index is 1.74. The normalized spacial score (nSPS) is 10.5. The molecule has 0 radical (unpaired) electrons. The van der Waals surface area contributed by atoms with Gasteiger partial charge < -0.3 is 10.1 Å². The van der Waals surface area contributed by atoms with Crippen molar-refractivity contribution in [3.8, 4) is 0 Å². The molecule has 0 fully saturated rings. The molecule has 0 saturated carbocycles. The number of amides is 1. The number of hydrogen-bond donors (Lipinski definition) is 1. The molecule has 3 rings (SSSR count). The fraction of sp³-hybridized carbons (Fsp3) is 0.192. The van der Waals surface area contributed by atoms with E-state index in [1.165, 1.54) is 6.07 Å². The Morgan fingerprint density at radius 1 is 0.774 bits per heavy atom. The van der Waals surface area contributed by atoms with Crippen LogP contribution in [0.3, 0.4) is 0 Å². The smallest absolute Gasteiger partial charge is 0.339 e. The van der Waals surface area contributed by atoms with E-state index in [4.69, 9.17) is 4.74 Å². The van der Waals surface area contributed by atoms with Gasteiger partial charge in [0.2, 0.25) is 0 Å². The fourth-order valence-electron chi connectivity index (χ4n) is 3.27. The largest absolute Gasteiger partial charge is 0.452 e. The van der Waals surface area contributed by atoms with Crippen molar-refractivity contribution in [2.75, 3.05) is 11.9 Å². The molecule has 0 heterocycles. The summed E-state index contributed by atoms with van der Waals surface area (Å²) in [5.74, 6) is -1.42. The molecule has 5 heteroatoms. The van der Waals surface area contributed by atoms with Crippen LogP contribution in [0.15, 0.2) is 60.7 Å². The highest BCUT2D eigenvalue weighted by atomic mass is 16.5. The molecule has 0 unspecified atom stereocenters. The maximum absolute atomic E-state index is 13.1. The van der Waals surface area contributed by atoms with Gasteiger partial charge in [0.05, 0.1) is 5.56 Å². The van der Waals surface area contributed by atoms with Crippen LogP contribution in [0.4, 0.5) is 5.69 Å². The molecule has 0 aliphatic heterocycles. The minimum absolute atomic E-state index is 0.132. The number of nitrogens with one attached hydrogen (secondary N) is 1. The number of carbonyl (C=O) groups is 3. The Bertz CT molecular complexity index is 1160. The lowest BCUT2D eigenvalue weighted by molar-refractivity contribution is -0.119. The van der Waals surface area contributed by atoms with Crippen LogP contribution in [-0.4, -0.2) is 24.3 Å². The number of benzene rings is 3. The monoisotopic (exact) mass is 415 g/mol. The molecule has 0 spiro atoms. The van der Waals surface area contributed by atoms with Gasteiger partial charge in [0.15, 0.2) is 12.4 Å². The van der Waals surface area contributed by atoms with Crippen LogP contribution in [0.5, 0.6) is 0 Å².